The van der Waals surface area contributed by atoms with Crippen LogP contribution in [0.1, 0.15) is 25.6 Å². The van der Waals surface area contributed by atoms with E-state index in [1.807, 2.05) is 62.4 Å². The number of hydrogen-bond donors (Lipinski definition) is 2. The molecule has 1 fully saturated rings. The van der Waals surface area contributed by atoms with Crippen molar-refractivity contribution in [3.05, 3.63) is 64.4 Å². The van der Waals surface area contributed by atoms with Gasteiger partial charge in [0.2, 0.25) is 11.9 Å². The van der Waals surface area contributed by atoms with Gasteiger partial charge in [-0.2, -0.15) is 14.6 Å². The van der Waals surface area contributed by atoms with Crippen LogP contribution in [0.2, 0.25) is 10.0 Å². The molecule has 4 aromatic rings. The number of halogens is 2. The number of rotatable bonds is 6. The topological polar surface area (TPSA) is 101 Å². The van der Waals surface area contributed by atoms with E-state index in [4.69, 9.17) is 44.0 Å². The predicted octanol–water partition coefficient (Wildman–Crippen LogP) is 4.51. The first-order chi connectivity index (χ1) is 17.3. The van der Waals surface area contributed by atoms with Crippen molar-refractivity contribution in [3.63, 3.8) is 0 Å². The van der Waals surface area contributed by atoms with Gasteiger partial charge >= 0.3 is 0 Å². The molecule has 5 rings (SSSR count). The minimum Gasteiger partial charge on any atom is -0.368 e. The summed E-state index contributed by atoms with van der Waals surface area (Å²) in [5.41, 5.74) is 9.02. The summed E-state index contributed by atoms with van der Waals surface area (Å²) in [5.74, 6) is 0.968. The molecule has 0 spiro atoms. The number of aromatic nitrogens is 4. The van der Waals surface area contributed by atoms with Crippen LogP contribution in [0.3, 0.4) is 0 Å². The van der Waals surface area contributed by atoms with Crippen molar-refractivity contribution < 1.29 is 4.79 Å². The van der Waals surface area contributed by atoms with E-state index in [1.54, 1.807) is 4.52 Å². The Hall–Kier alpha value is -3.20. The fourth-order valence-corrected chi connectivity index (χ4v) is 5.24. The highest BCUT2D eigenvalue weighted by Gasteiger charge is 2.40. The summed E-state index contributed by atoms with van der Waals surface area (Å²) in [7, 11) is 0. The summed E-state index contributed by atoms with van der Waals surface area (Å²) in [5, 5.41) is 9.54. The number of nitrogens with zero attached hydrogens (tertiary/aromatic N) is 5. The monoisotopic (exact) mass is 523 g/mol. The van der Waals surface area contributed by atoms with Gasteiger partial charge in [0.15, 0.2) is 5.65 Å². The van der Waals surface area contributed by atoms with Gasteiger partial charge < -0.3 is 16.0 Å². The van der Waals surface area contributed by atoms with E-state index in [2.05, 4.69) is 10.2 Å². The molecule has 2 aromatic heterocycles. The largest absolute Gasteiger partial charge is 0.368 e. The van der Waals surface area contributed by atoms with Crippen LogP contribution in [0, 0.1) is 6.92 Å². The Kier molecular flexibility index (Phi) is 6.59. The maximum Gasteiger partial charge on any atom is 0.237 e. The highest BCUT2D eigenvalue weighted by Crippen LogP contribution is 2.39. The quantitative estimate of drug-likeness (QED) is 0.385. The van der Waals surface area contributed by atoms with Gasteiger partial charge in [-0.25, -0.2) is 4.98 Å². The number of piperidine rings is 1. The van der Waals surface area contributed by atoms with Gasteiger partial charge in [0, 0.05) is 23.7 Å². The van der Waals surface area contributed by atoms with Crippen LogP contribution in [0.15, 0.2) is 48.5 Å². The Labute approximate surface area is 219 Å². The van der Waals surface area contributed by atoms with Gasteiger partial charge in [-0.15, -0.1) is 0 Å². The number of fused-ring (bicyclic) bond motifs is 1. The van der Waals surface area contributed by atoms with Crippen LogP contribution in [0.4, 0.5) is 5.95 Å². The molecule has 8 nitrogen and oxygen atoms in total. The second-order valence-electron chi connectivity index (χ2n) is 8.98. The molecule has 3 N–H and O–H groups in total. The van der Waals surface area contributed by atoms with Crippen LogP contribution in [0.25, 0.3) is 28.0 Å². The second kappa shape index (κ2) is 9.69. The van der Waals surface area contributed by atoms with Crippen molar-refractivity contribution in [2.75, 3.05) is 24.5 Å². The van der Waals surface area contributed by atoms with Crippen LogP contribution >= 0.6 is 23.2 Å². The standard InChI is InChI=1S/C26H27Cl2N7O/c1-3-30-26(24(29)36)12-14-34(15-13-26)25-32-16(2)31-23-21(17-8-10-18(27)11-9-17)22(33-35(23)25)19-6-4-5-7-20(19)28/h4-11,30H,3,12-15H2,1-2H3,(H2,29,36). The molecule has 0 atom stereocenters. The average Bonchev–Trinajstić information content (AvgIpc) is 3.24. The first-order valence-corrected chi connectivity index (χ1v) is 12.7. The smallest absolute Gasteiger partial charge is 0.237 e. The van der Waals surface area contributed by atoms with Crippen molar-refractivity contribution in [2.45, 2.75) is 32.2 Å². The van der Waals surface area contributed by atoms with Crippen molar-refractivity contribution >= 4 is 40.7 Å². The Balaban J connectivity index is 1.67. The first-order valence-electron chi connectivity index (χ1n) is 11.9. The molecule has 0 radical (unpaired) electrons. The molecule has 0 saturated carbocycles. The SMILES string of the molecule is CCNC1(C(N)=O)CCN(c2nc(C)nc3c(-c4ccc(Cl)cc4)c(-c4ccccc4Cl)nn23)CC1. The zero-order valence-electron chi connectivity index (χ0n) is 20.1. The summed E-state index contributed by atoms with van der Waals surface area (Å²) in [6.07, 6.45) is 1.15. The number of carbonyl (C=O) groups is 1. The number of primary amides is 1. The van der Waals surface area contributed by atoms with Gasteiger partial charge in [-0.05, 0) is 50.1 Å². The molecule has 186 valence electrons. The predicted molar refractivity (Wildman–Crippen MR) is 143 cm³/mol. The van der Waals surface area contributed by atoms with Crippen LogP contribution in [-0.4, -0.2) is 50.7 Å². The number of nitrogens with one attached hydrogen (secondary N) is 1. The van der Waals surface area contributed by atoms with E-state index >= 15 is 0 Å². The molecule has 0 bridgehead atoms. The number of anilines is 1. The lowest BCUT2D eigenvalue weighted by molar-refractivity contribution is -0.125. The molecular formula is C26H27Cl2N7O. The highest BCUT2D eigenvalue weighted by atomic mass is 35.5. The van der Waals surface area contributed by atoms with Crippen molar-refractivity contribution in [2.24, 2.45) is 5.73 Å². The second-order valence-corrected chi connectivity index (χ2v) is 9.82. The van der Waals surface area contributed by atoms with E-state index in [0.717, 1.165) is 16.7 Å². The zero-order valence-corrected chi connectivity index (χ0v) is 21.6. The Morgan fingerprint density at radius 2 is 1.78 bits per heavy atom. The third-order valence-electron chi connectivity index (χ3n) is 6.73. The van der Waals surface area contributed by atoms with E-state index in [-0.39, 0.29) is 5.91 Å². The number of aryl methyl sites for hydroxylation is 1. The third-order valence-corrected chi connectivity index (χ3v) is 7.31. The van der Waals surface area contributed by atoms with E-state index in [1.165, 1.54) is 0 Å². The molecule has 1 aliphatic rings. The van der Waals surface area contributed by atoms with Crippen LogP contribution < -0.4 is 16.0 Å². The molecule has 36 heavy (non-hydrogen) atoms. The number of likely N-dealkylation sites (N-methyl/N-ethyl adjacent to an activating group) is 1. The van der Waals surface area contributed by atoms with Gasteiger partial charge in [0.1, 0.15) is 17.1 Å². The number of nitrogens with two attached hydrogens (primary N) is 1. The van der Waals surface area contributed by atoms with Gasteiger partial charge in [-0.3, -0.25) is 4.79 Å². The zero-order chi connectivity index (χ0) is 25.4. The van der Waals surface area contributed by atoms with E-state index in [0.29, 0.717) is 65.6 Å². The van der Waals surface area contributed by atoms with E-state index in [9.17, 15) is 4.79 Å². The molecule has 0 unspecified atom stereocenters. The molecule has 1 aliphatic heterocycles. The van der Waals surface area contributed by atoms with Gasteiger partial charge in [0.25, 0.3) is 0 Å². The normalized spacial score (nSPS) is 15.4. The lowest BCUT2D eigenvalue weighted by Gasteiger charge is -2.40. The first kappa shape index (κ1) is 24.5. The summed E-state index contributed by atoms with van der Waals surface area (Å²) < 4.78 is 1.78. The number of benzene rings is 2. The van der Waals surface area contributed by atoms with Gasteiger partial charge in [0.05, 0.1) is 10.6 Å². The Morgan fingerprint density at radius 3 is 2.42 bits per heavy atom. The minimum absolute atomic E-state index is 0.321. The Morgan fingerprint density at radius 1 is 1.08 bits per heavy atom. The van der Waals surface area contributed by atoms with E-state index < -0.39 is 5.54 Å². The number of hydrogen-bond acceptors (Lipinski definition) is 6. The van der Waals surface area contributed by atoms with Crippen molar-refractivity contribution in [3.8, 4) is 22.4 Å². The molecule has 0 aliphatic carbocycles. The highest BCUT2D eigenvalue weighted by molar-refractivity contribution is 6.33. The average molecular weight is 524 g/mol. The molecule has 2 aromatic carbocycles. The summed E-state index contributed by atoms with van der Waals surface area (Å²) in [6.45, 7) is 5.71. The van der Waals surface area contributed by atoms with Crippen LogP contribution in [0.5, 0.6) is 0 Å². The maximum absolute atomic E-state index is 12.3. The van der Waals surface area contributed by atoms with Crippen molar-refractivity contribution in [1.29, 1.82) is 0 Å². The summed E-state index contributed by atoms with van der Waals surface area (Å²) in [6, 6.07) is 15.2. The molecule has 1 amide bonds. The lowest BCUT2D eigenvalue weighted by atomic mass is 9.86. The molecule has 3 heterocycles. The summed E-state index contributed by atoms with van der Waals surface area (Å²) >= 11 is 12.8. The van der Waals surface area contributed by atoms with Crippen molar-refractivity contribution in [1.82, 2.24) is 24.9 Å². The molecule has 1 saturated heterocycles. The molecule has 10 heteroatoms. The third kappa shape index (κ3) is 4.30. The Bertz CT molecular complexity index is 1430. The maximum atomic E-state index is 12.3. The van der Waals surface area contributed by atoms with Gasteiger partial charge in [-0.1, -0.05) is 60.5 Å². The van der Waals surface area contributed by atoms with Crippen LogP contribution in [-0.2, 0) is 4.79 Å². The molecular weight excluding hydrogens is 497 g/mol. The lowest BCUT2D eigenvalue weighted by Crippen LogP contribution is -2.61. The number of amides is 1. The fourth-order valence-electron chi connectivity index (χ4n) is 4.89. The minimum atomic E-state index is -0.715. The summed E-state index contributed by atoms with van der Waals surface area (Å²) in [4.78, 5) is 24.0. The fraction of sp³-hybridized carbons (Fsp3) is 0.308. The number of carbonyl (C=O) groups excluding carboxylic acids is 1.